The lowest BCUT2D eigenvalue weighted by atomic mass is 9.74. The van der Waals surface area contributed by atoms with E-state index in [0.717, 1.165) is 6.42 Å². The molecule has 364 valence electrons. The zero-order valence-electron chi connectivity index (χ0n) is 40.2. The van der Waals surface area contributed by atoms with Crippen LogP contribution in [0.25, 0.3) is 0 Å². The normalized spacial score (nSPS) is 46.3. The van der Waals surface area contributed by atoms with Gasteiger partial charge in [-0.1, -0.05) is 52.4 Å². The molecule has 5 saturated heterocycles. The van der Waals surface area contributed by atoms with Gasteiger partial charge in [0.05, 0.1) is 61.5 Å². The summed E-state index contributed by atoms with van der Waals surface area (Å²) < 4.78 is 15.3. The number of hydrogen-bond donors (Lipinski definition) is 10. The minimum atomic E-state index is -3.13. The standard InChI is InChI=1S/C48H78N10O6Si2/c1-7-65(5,35-23(3)45(59)57-47(35)61)63-32-22-21-31-33(34(32)64-66(6,8-2)36-24(4)46(60)58-48(36)62)44-55-42-30-20-14-13-19-29(30)40(53-42)51-38-26-16-10-9-15-25(26)37(49-38)50-39-27-17-11-12-18-28(27)41(52-39)54-43(31)56-44/h25-34,37-44,49-56H,7-22H2,1-6H3,(H,57,59,61)(H,58,60,62). The van der Waals surface area contributed by atoms with Crippen molar-refractivity contribution in [1.29, 1.82) is 0 Å². The molecular weight excluding hydrogens is 869 g/mol. The first-order chi connectivity index (χ1) is 31.8. The maximum atomic E-state index is 13.8. The summed E-state index contributed by atoms with van der Waals surface area (Å²) in [6, 6.07) is 1.21. The molecule has 11 rings (SSSR count). The Balaban J connectivity index is 0.993. The Morgan fingerprint density at radius 3 is 1.06 bits per heavy atom. The van der Waals surface area contributed by atoms with Crippen LogP contribution in [-0.4, -0.2) is 102 Å². The van der Waals surface area contributed by atoms with Crippen molar-refractivity contribution in [3.8, 4) is 0 Å². The Morgan fingerprint density at radius 1 is 0.424 bits per heavy atom. The highest BCUT2D eigenvalue weighted by molar-refractivity contribution is 6.86. The number of hydrogen-bond acceptors (Lipinski definition) is 14. The summed E-state index contributed by atoms with van der Waals surface area (Å²) in [5.74, 6) is 1.87. The van der Waals surface area contributed by atoms with E-state index in [-0.39, 0.29) is 84.8 Å². The molecule has 0 aromatic carbocycles. The Morgan fingerprint density at radius 2 is 0.742 bits per heavy atom. The molecule has 11 aliphatic rings. The lowest BCUT2D eigenvalue weighted by Crippen LogP contribution is -2.62. The summed E-state index contributed by atoms with van der Waals surface area (Å²) in [4.78, 5) is 53.4. The molecule has 4 amide bonds. The third-order valence-corrected chi connectivity index (χ3v) is 27.1. The van der Waals surface area contributed by atoms with Crippen molar-refractivity contribution in [1.82, 2.24) is 53.2 Å². The van der Waals surface area contributed by atoms with Crippen molar-refractivity contribution >= 4 is 40.3 Å². The van der Waals surface area contributed by atoms with E-state index < -0.39 is 28.8 Å². The van der Waals surface area contributed by atoms with E-state index in [9.17, 15) is 19.2 Å². The van der Waals surface area contributed by atoms with E-state index in [1.807, 2.05) is 0 Å². The summed E-state index contributed by atoms with van der Waals surface area (Å²) in [5, 5.41) is 40.0. The topological polar surface area (TPSA) is 207 Å². The van der Waals surface area contributed by atoms with Crippen LogP contribution in [0.4, 0.5) is 0 Å². The number of imide groups is 2. The molecule has 20 unspecified atom stereocenters. The fourth-order valence-corrected chi connectivity index (χ4v) is 21.9. The van der Waals surface area contributed by atoms with Gasteiger partial charge in [0.1, 0.15) is 0 Å². The van der Waals surface area contributed by atoms with E-state index in [0.29, 0.717) is 75.6 Å². The number of nitrogens with one attached hydrogen (secondary N) is 10. The molecule has 16 nitrogen and oxygen atoms in total. The quantitative estimate of drug-likeness (QED) is 0.126. The Kier molecular flexibility index (Phi) is 12.5. The molecule has 9 fully saturated rings. The third kappa shape index (κ3) is 7.74. The van der Waals surface area contributed by atoms with Crippen LogP contribution in [0.5, 0.6) is 0 Å². The van der Waals surface area contributed by atoms with Gasteiger partial charge < -0.3 is 8.85 Å². The van der Waals surface area contributed by atoms with E-state index in [4.69, 9.17) is 8.85 Å². The molecule has 10 N–H and O–H groups in total. The van der Waals surface area contributed by atoms with Crippen LogP contribution in [0, 0.1) is 47.3 Å². The first kappa shape index (κ1) is 46.2. The van der Waals surface area contributed by atoms with Crippen molar-refractivity contribution in [2.75, 3.05) is 0 Å². The van der Waals surface area contributed by atoms with Gasteiger partial charge in [-0.05, 0) is 132 Å². The SMILES string of the molecule is CC[Si](C)(OC1CCC2C3NC4NC(NC5NC(NC6NC(NC(N3)C2C1O[Si](C)(CC)C1=C(C)C(=O)NC1=O)C1CCCCC61)C1CCCCC51)C1CCCCC41)C1=C(C)C(=O)NC1=O. The van der Waals surface area contributed by atoms with E-state index in [2.05, 4.69) is 80.1 Å². The van der Waals surface area contributed by atoms with Crippen molar-refractivity contribution in [2.45, 2.75) is 204 Å². The average molecular weight is 947 g/mol. The first-order valence-electron chi connectivity index (χ1n) is 26.4. The van der Waals surface area contributed by atoms with E-state index in [1.54, 1.807) is 13.8 Å². The fourth-order valence-electron chi connectivity index (χ4n) is 15.9. The minimum Gasteiger partial charge on any atom is -0.407 e. The molecule has 18 heteroatoms. The van der Waals surface area contributed by atoms with Gasteiger partial charge in [0, 0.05) is 27.5 Å². The molecule has 0 spiro atoms. The lowest BCUT2D eigenvalue weighted by Gasteiger charge is -2.48. The van der Waals surface area contributed by atoms with Gasteiger partial charge in [-0.3, -0.25) is 72.3 Å². The number of rotatable bonds is 8. The van der Waals surface area contributed by atoms with Crippen LogP contribution in [-0.2, 0) is 28.0 Å². The summed E-state index contributed by atoms with van der Waals surface area (Å²) in [5.41, 5.74) is 0.897. The number of amides is 4. The minimum absolute atomic E-state index is 0.0367. The average Bonchev–Trinajstić information content (AvgIpc) is 4.14. The summed E-state index contributed by atoms with van der Waals surface area (Å²) in [6.07, 6.45) is 16.5. The monoisotopic (exact) mass is 947 g/mol. The van der Waals surface area contributed by atoms with Crippen LogP contribution < -0.4 is 53.2 Å². The fraction of sp³-hybridized carbons (Fsp3) is 0.833. The molecular formula is C48H78N10O6Si2. The molecule has 0 aromatic heterocycles. The van der Waals surface area contributed by atoms with Crippen LogP contribution in [0.2, 0.25) is 25.2 Å². The predicted molar refractivity (Wildman–Crippen MR) is 254 cm³/mol. The highest BCUT2D eigenvalue weighted by atomic mass is 28.4. The van der Waals surface area contributed by atoms with Crippen molar-refractivity contribution < 1.29 is 28.0 Å². The Hall–Kier alpha value is -2.21. The molecule has 4 aliphatic carbocycles. The van der Waals surface area contributed by atoms with E-state index >= 15 is 0 Å². The Labute approximate surface area is 393 Å². The van der Waals surface area contributed by atoms with Gasteiger partial charge in [-0.25, -0.2) is 0 Å². The molecule has 4 saturated carbocycles. The van der Waals surface area contributed by atoms with Crippen molar-refractivity contribution in [3.63, 3.8) is 0 Å². The van der Waals surface area contributed by atoms with Crippen LogP contribution in [0.3, 0.4) is 0 Å². The Bertz CT molecular complexity index is 2040. The smallest absolute Gasteiger partial charge is 0.253 e. The lowest BCUT2D eigenvalue weighted by molar-refractivity contribution is -0.125. The van der Waals surface area contributed by atoms with Crippen molar-refractivity contribution in [2.24, 2.45) is 47.3 Å². The van der Waals surface area contributed by atoms with Crippen molar-refractivity contribution in [3.05, 3.63) is 21.5 Å². The molecule has 8 bridgehead atoms. The maximum absolute atomic E-state index is 13.8. The second-order valence-electron chi connectivity index (χ2n) is 22.8. The number of carbonyl (C=O) groups is 4. The van der Waals surface area contributed by atoms with Gasteiger partial charge in [-0.15, -0.1) is 0 Å². The molecule has 66 heavy (non-hydrogen) atoms. The maximum Gasteiger partial charge on any atom is 0.253 e. The summed E-state index contributed by atoms with van der Waals surface area (Å²) in [6.45, 7) is 11.8. The van der Waals surface area contributed by atoms with Gasteiger partial charge in [0.15, 0.2) is 0 Å². The second kappa shape index (κ2) is 17.9. The predicted octanol–water partition coefficient (Wildman–Crippen LogP) is 2.81. The second-order valence-corrected chi connectivity index (χ2v) is 30.6. The zero-order chi connectivity index (χ0) is 45.8. The summed E-state index contributed by atoms with van der Waals surface area (Å²) in [7, 11) is -6.17. The number of fused-ring (bicyclic) bond motifs is 20. The molecule has 7 aliphatic heterocycles. The zero-order valence-corrected chi connectivity index (χ0v) is 42.2. The summed E-state index contributed by atoms with van der Waals surface area (Å²) >= 11 is 0. The molecule has 7 heterocycles. The van der Waals surface area contributed by atoms with Gasteiger partial charge >= 0.3 is 0 Å². The number of carbonyl (C=O) groups excluding carboxylic acids is 4. The van der Waals surface area contributed by atoms with Crippen LogP contribution in [0.1, 0.15) is 118 Å². The van der Waals surface area contributed by atoms with Gasteiger partial charge in [0.2, 0.25) is 16.6 Å². The van der Waals surface area contributed by atoms with Gasteiger partial charge in [-0.2, -0.15) is 0 Å². The highest BCUT2D eigenvalue weighted by Crippen LogP contribution is 2.49. The molecule has 0 aromatic rings. The van der Waals surface area contributed by atoms with Crippen LogP contribution >= 0.6 is 0 Å². The molecule has 0 radical (unpaired) electrons. The molecule has 20 atom stereocenters. The third-order valence-electron chi connectivity index (χ3n) is 19.5. The van der Waals surface area contributed by atoms with E-state index in [1.165, 1.54) is 77.0 Å². The van der Waals surface area contributed by atoms with Gasteiger partial charge in [0.25, 0.3) is 23.6 Å². The van der Waals surface area contributed by atoms with Crippen LogP contribution in [0.15, 0.2) is 21.5 Å². The largest absolute Gasteiger partial charge is 0.407 e. The first-order valence-corrected chi connectivity index (χ1v) is 31.6. The highest BCUT2D eigenvalue weighted by Gasteiger charge is 2.60.